The number of ketones is 1. The Morgan fingerprint density at radius 2 is 1.86 bits per heavy atom. The summed E-state index contributed by atoms with van der Waals surface area (Å²) >= 11 is 0. The van der Waals surface area contributed by atoms with E-state index in [4.69, 9.17) is 4.74 Å². The molecule has 2 aromatic carbocycles. The fourth-order valence-electron chi connectivity index (χ4n) is 2.00. The third-order valence-corrected chi connectivity index (χ3v) is 3.09. The van der Waals surface area contributed by atoms with Gasteiger partial charge in [-0.25, -0.2) is 8.78 Å². The third kappa shape index (κ3) is 3.56. The lowest BCUT2D eigenvalue weighted by atomic mass is 10.1. The minimum atomic E-state index is -0.507. The van der Waals surface area contributed by atoms with Crippen LogP contribution in [0, 0.1) is 11.6 Å². The van der Waals surface area contributed by atoms with Crippen LogP contribution in [0.5, 0.6) is 5.75 Å². The molecule has 0 amide bonds. The molecule has 5 heteroatoms. The molecule has 0 aromatic heterocycles. The number of halogens is 2. The highest BCUT2D eigenvalue weighted by atomic mass is 19.1. The summed E-state index contributed by atoms with van der Waals surface area (Å²) in [4.78, 5) is 13.9. The first kappa shape index (κ1) is 15.0. The van der Waals surface area contributed by atoms with Crippen molar-refractivity contribution in [1.82, 2.24) is 0 Å². The predicted molar refractivity (Wildman–Crippen MR) is 77.0 cm³/mol. The molecule has 2 aromatic rings. The Bertz CT molecular complexity index is 658. The first-order valence-electron chi connectivity index (χ1n) is 6.34. The van der Waals surface area contributed by atoms with Gasteiger partial charge >= 0.3 is 0 Å². The first-order chi connectivity index (χ1) is 10.0. The van der Waals surface area contributed by atoms with Gasteiger partial charge in [0, 0.05) is 12.7 Å². The maximum atomic E-state index is 13.3. The van der Waals surface area contributed by atoms with Crippen molar-refractivity contribution in [2.45, 2.75) is 0 Å². The van der Waals surface area contributed by atoms with Gasteiger partial charge in [-0.2, -0.15) is 0 Å². The number of anilines is 1. The van der Waals surface area contributed by atoms with Gasteiger partial charge in [0.2, 0.25) is 0 Å². The van der Waals surface area contributed by atoms with Crippen LogP contribution < -0.4 is 9.64 Å². The van der Waals surface area contributed by atoms with Crippen LogP contribution in [0.25, 0.3) is 0 Å². The molecule has 0 atom stereocenters. The Kier molecular flexibility index (Phi) is 4.52. The highest BCUT2D eigenvalue weighted by Gasteiger charge is 2.16. The molecule has 2 rings (SSSR count). The predicted octanol–water partition coefficient (Wildman–Crippen LogP) is 3.29. The maximum absolute atomic E-state index is 13.3. The Hall–Kier alpha value is -2.43. The highest BCUT2D eigenvalue weighted by Crippen LogP contribution is 2.21. The second kappa shape index (κ2) is 6.35. The van der Waals surface area contributed by atoms with Crippen LogP contribution in [0.1, 0.15) is 10.4 Å². The molecular formula is C16H15F2NO2. The molecule has 0 heterocycles. The van der Waals surface area contributed by atoms with Crippen molar-refractivity contribution in [2.75, 3.05) is 25.6 Å². The average molecular weight is 291 g/mol. The van der Waals surface area contributed by atoms with Crippen molar-refractivity contribution in [3.63, 3.8) is 0 Å². The van der Waals surface area contributed by atoms with E-state index in [0.29, 0.717) is 11.4 Å². The molecule has 0 N–H and O–H groups in total. The second-order valence-corrected chi connectivity index (χ2v) is 4.60. The van der Waals surface area contributed by atoms with E-state index >= 15 is 0 Å². The molecule has 0 bridgehead atoms. The van der Waals surface area contributed by atoms with Gasteiger partial charge in [-0.1, -0.05) is 6.07 Å². The monoisotopic (exact) mass is 291 g/mol. The number of hydrogen-bond donors (Lipinski definition) is 0. The standard InChI is InChI=1S/C16H15F2NO2/c1-19(13-5-3-4-11(17)8-13)10-15(20)14-9-12(18)6-7-16(14)21-2/h3-9H,10H2,1-2H3. The van der Waals surface area contributed by atoms with Gasteiger partial charge in [-0.15, -0.1) is 0 Å². The molecule has 110 valence electrons. The molecule has 0 aliphatic rings. The lowest BCUT2D eigenvalue weighted by Crippen LogP contribution is -2.26. The second-order valence-electron chi connectivity index (χ2n) is 4.60. The summed E-state index contributed by atoms with van der Waals surface area (Å²) in [6, 6.07) is 9.69. The molecule has 0 saturated carbocycles. The van der Waals surface area contributed by atoms with Gasteiger partial charge in [-0.05, 0) is 36.4 Å². The molecule has 0 fully saturated rings. The smallest absolute Gasteiger partial charge is 0.185 e. The zero-order valence-electron chi connectivity index (χ0n) is 11.8. The summed E-state index contributed by atoms with van der Waals surface area (Å²) in [5.41, 5.74) is 0.736. The van der Waals surface area contributed by atoms with Crippen LogP contribution in [-0.4, -0.2) is 26.5 Å². The highest BCUT2D eigenvalue weighted by molar-refractivity contribution is 6.01. The van der Waals surface area contributed by atoms with E-state index in [2.05, 4.69) is 0 Å². The summed E-state index contributed by atoms with van der Waals surface area (Å²) in [7, 11) is 3.08. The Labute approximate surface area is 121 Å². The number of carbonyl (C=O) groups is 1. The quantitative estimate of drug-likeness (QED) is 0.792. The number of methoxy groups -OCH3 is 1. The van der Waals surface area contributed by atoms with Gasteiger partial charge in [-0.3, -0.25) is 4.79 Å². The zero-order chi connectivity index (χ0) is 15.4. The van der Waals surface area contributed by atoms with Crippen molar-refractivity contribution in [3.8, 4) is 5.75 Å². The largest absolute Gasteiger partial charge is 0.496 e. The minimum Gasteiger partial charge on any atom is -0.496 e. The number of ether oxygens (including phenoxy) is 1. The normalized spacial score (nSPS) is 10.3. The number of benzene rings is 2. The summed E-state index contributed by atoms with van der Waals surface area (Å²) in [6.07, 6.45) is 0. The number of hydrogen-bond acceptors (Lipinski definition) is 3. The van der Waals surface area contributed by atoms with E-state index in [0.717, 1.165) is 6.07 Å². The molecule has 0 unspecified atom stereocenters. The molecule has 21 heavy (non-hydrogen) atoms. The van der Waals surface area contributed by atoms with E-state index in [1.807, 2.05) is 0 Å². The van der Waals surface area contributed by atoms with Gasteiger partial charge < -0.3 is 9.64 Å². The van der Waals surface area contributed by atoms with E-state index in [1.165, 1.54) is 31.4 Å². The molecule has 0 aliphatic heterocycles. The number of likely N-dealkylation sites (N-methyl/N-ethyl adjacent to an activating group) is 1. The van der Waals surface area contributed by atoms with Crippen LogP contribution in [0.3, 0.4) is 0 Å². The zero-order valence-corrected chi connectivity index (χ0v) is 11.8. The molecule has 0 spiro atoms. The third-order valence-electron chi connectivity index (χ3n) is 3.09. The fraction of sp³-hybridized carbons (Fsp3) is 0.188. The molecule has 3 nitrogen and oxygen atoms in total. The van der Waals surface area contributed by atoms with Crippen molar-refractivity contribution >= 4 is 11.5 Å². The van der Waals surface area contributed by atoms with Crippen LogP contribution in [0.4, 0.5) is 14.5 Å². The van der Waals surface area contributed by atoms with Crippen LogP contribution >= 0.6 is 0 Å². The van der Waals surface area contributed by atoms with Gasteiger partial charge in [0.1, 0.15) is 17.4 Å². The summed E-state index contributed by atoms with van der Waals surface area (Å²) in [6.45, 7) is -0.0106. The van der Waals surface area contributed by atoms with Crippen LogP contribution in [-0.2, 0) is 0 Å². The van der Waals surface area contributed by atoms with E-state index in [9.17, 15) is 13.6 Å². The van der Waals surface area contributed by atoms with Crippen LogP contribution in [0.2, 0.25) is 0 Å². The minimum absolute atomic E-state index is 0.0106. The average Bonchev–Trinajstić information content (AvgIpc) is 2.47. The Morgan fingerprint density at radius 3 is 2.52 bits per heavy atom. The Balaban J connectivity index is 2.20. The van der Waals surface area contributed by atoms with Gasteiger partial charge in [0.25, 0.3) is 0 Å². The topological polar surface area (TPSA) is 29.5 Å². The Morgan fingerprint density at radius 1 is 1.14 bits per heavy atom. The van der Waals surface area contributed by atoms with E-state index < -0.39 is 5.82 Å². The van der Waals surface area contributed by atoms with E-state index in [-0.39, 0.29) is 23.7 Å². The number of Topliss-reactive ketones (excluding diaryl/α,β-unsaturated/α-hetero) is 1. The fourth-order valence-corrected chi connectivity index (χ4v) is 2.00. The summed E-state index contributed by atoms with van der Waals surface area (Å²) in [5.74, 6) is -0.880. The van der Waals surface area contributed by atoms with Crippen molar-refractivity contribution in [3.05, 3.63) is 59.7 Å². The SMILES string of the molecule is COc1ccc(F)cc1C(=O)CN(C)c1cccc(F)c1. The maximum Gasteiger partial charge on any atom is 0.185 e. The molecule has 0 aliphatic carbocycles. The molecular weight excluding hydrogens is 276 g/mol. The number of nitrogens with zero attached hydrogens (tertiary/aromatic N) is 1. The van der Waals surface area contributed by atoms with Gasteiger partial charge in [0.15, 0.2) is 5.78 Å². The number of rotatable bonds is 5. The number of carbonyl (C=O) groups excluding carboxylic acids is 1. The summed E-state index contributed by atoms with van der Waals surface area (Å²) < 4.78 is 31.5. The van der Waals surface area contributed by atoms with Crippen molar-refractivity contribution in [1.29, 1.82) is 0 Å². The summed E-state index contributed by atoms with van der Waals surface area (Å²) in [5, 5.41) is 0. The lowest BCUT2D eigenvalue weighted by Gasteiger charge is -2.19. The van der Waals surface area contributed by atoms with E-state index in [1.54, 1.807) is 24.1 Å². The molecule has 0 saturated heterocycles. The van der Waals surface area contributed by atoms with Crippen molar-refractivity contribution in [2.24, 2.45) is 0 Å². The lowest BCUT2D eigenvalue weighted by molar-refractivity contribution is 0.0997. The van der Waals surface area contributed by atoms with Gasteiger partial charge in [0.05, 0.1) is 19.2 Å². The molecule has 0 radical (unpaired) electrons. The van der Waals surface area contributed by atoms with Crippen LogP contribution in [0.15, 0.2) is 42.5 Å². The van der Waals surface area contributed by atoms with Crippen molar-refractivity contribution < 1.29 is 18.3 Å². The first-order valence-corrected chi connectivity index (χ1v) is 6.34.